The number of carbonyl (C=O) groups is 1. The maximum Gasteiger partial charge on any atom is 0.333 e. The summed E-state index contributed by atoms with van der Waals surface area (Å²) in [6.07, 6.45) is 0.421. The zero-order chi connectivity index (χ0) is 12.7. The lowest BCUT2D eigenvalue weighted by molar-refractivity contribution is -0.138. The molecule has 0 amide bonds. The smallest absolute Gasteiger partial charge is 0.333 e. The number of esters is 1. The average molecular weight is 236 g/mol. The van der Waals surface area contributed by atoms with Crippen molar-refractivity contribution in [1.82, 2.24) is 0 Å². The van der Waals surface area contributed by atoms with Gasteiger partial charge in [-0.1, -0.05) is 30.3 Å². The van der Waals surface area contributed by atoms with Crippen molar-refractivity contribution in [1.29, 1.82) is 0 Å². The van der Waals surface area contributed by atoms with Gasteiger partial charge in [0.2, 0.25) is 0 Å². The summed E-state index contributed by atoms with van der Waals surface area (Å²) < 4.78 is 18.4. The maximum absolute atomic E-state index is 13.7. The highest BCUT2D eigenvalue weighted by Crippen LogP contribution is 2.09. The molecule has 1 aromatic carbocycles. The van der Waals surface area contributed by atoms with Crippen LogP contribution in [0.4, 0.5) is 4.39 Å². The van der Waals surface area contributed by atoms with Crippen molar-refractivity contribution in [2.75, 3.05) is 6.61 Å². The molecule has 0 bridgehead atoms. The Morgan fingerprint density at radius 3 is 2.65 bits per heavy atom. The number of halogens is 1. The van der Waals surface area contributed by atoms with Crippen molar-refractivity contribution >= 4 is 5.97 Å². The predicted octanol–water partition coefficient (Wildman–Crippen LogP) is 3.08. The van der Waals surface area contributed by atoms with Crippen LogP contribution in [0.1, 0.15) is 19.4 Å². The molecule has 0 aliphatic heterocycles. The summed E-state index contributed by atoms with van der Waals surface area (Å²) in [5.74, 6) is -0.455. The van der Waals surface area contributed by atoms with E-state index in [9.17, 15) is 9.18 Å². The first-order chi connectivity index (χ1) is 8.13. The number of allylic oxidation sites excluding steroid dienone is 1. The first-order valence-corrected chi connectivity index (χ1v) is 5.67. The van der Waals surface area contributed by atoms with Crippen molar-refractivity contribution in [2.45, 2.75) is 26.4 Å². The van der Waals surface area contributed by atoms with Crippen molar-refractivity contribution in [3.63, 3.8) is 0 Å². The van der Waals surface area contributed by atoms with Crippen LogP contribution in [-0.4, -0.2) is 18.7 Å². The van der Waals surface area contributed by atoms with Gasteiger partial charge in [-0.25, -0.2) is 9.18 Å². The Kier molecular flexibility index (Phi) is 5.40. The highest BCUT2D eigenvalue weighted by molar-refractivity contribution is 5.87. The number of carbonyl (C=O) groups excluding carboxylic acids is 1. The Morgan fingerprint density at radius 2 is 2.06 bits per heavy atom. The maximum atomic E-state index is 13.7. The van der Waals surface area contributed by atoms with E-state index >= 15 is 0 Å². The predicted molar refractivity (Wildman–Crippen MR) is 65.4 cm³/mol. The topological polar surface area (TPSA) is 26.3 Å². The van der Waals surface area contributed by atoms with E-state index in [4.69, 9.17) is 4.74 Å². The summed E-state index contributed by atoms with van der Waals surface area (Å²) >= 11 is 0. The first kappa shape index (κ1) is 13.4. The highest BCUT2D eigenvalue weighted by Gasteiger charge is 2.09. The Bertz CT molecular complexity index is 384. The van der Waals surface area contributed by atoms with Crippen LogP contribution in [0.3, 0.4) is 0 Å². The summed E-state index contributed by atoms with van der Waals surface area (Å²) in [5, 5.41) is 0. The summed E-state index contributed by atoms with van der Waals surface area (Å²) in [7, 11) is 0. The minimum Gasteiger partial charge on any atom is -0.463 e. The van der Waals surface area contributed by atoms with Crippen LogP contribution >= 0.6 is 0 Å². The van der Waals surface area contributed by atoms with Gasteiger partial charge in [-0.3, -0.25) is 0 Å². The molecule has 1 aromatic rings. The van der Waals surface area contributed by atoms with Gasteiger partial charge in [-0.15, -0.1) is 0 Å². The van der Waals surface area contributed by atoms with E-state index in [0.29, 0.717) is 12.2 Å². The molecule has 1 atom stereocenters. The monoisotopic (exact) mass is 236 g/mol. The van der Waals surface area contributed by atoms with Gasteiger partial charge in [0.15, 0.2) is 0 Å². The quantitative estimate of drug-likeness (QED) is 0.580. The zero-order valence-corrected chi connectivity index (χ0v) is 10.2. The van der Waals surface area contributed by atoms with Gasteiger partial charge in [0.25, 0.3) is 0 Å². The van der Waals surface area contributed by atoms with Crippen molar-refractivity contribution in [2.24, 2.45) is 0 Å². The molecule has 0 fully saturated rings. The van der Waals surface area contributed by atoms with Crippen molar-refractivity contribution in [3.05, 3.63) is 47.5 Å². The lowest BCUT2D eigenvalue weighted by atomic mass is 10.1. The average Bonchev–Trinajstić information content (AvgIpc) is 2.30. The third-order valence-corrected chi connectivity index (χ3v) is 2.30. The molecule has 0 unspecified atom stereocenters. The zero-order valence-electron chi connectivity index (χ0n) is 10.2. The van der Waals surface area contributed by atoms with Crippen molar-refractivity contribution < 1.29 is 13.9 Å². The molecular weight excluding hydrogens is 219 g/mol. The second-order valence-electron chi connectivity index (χ2n) is 3.78. The number of ether oxygens (including phenoxy) is 1. The largest absolute Gasteiger partial charge is 0.463 e. The summed E-state index contributed by atoms with van der Waals surface area (Å²) in [6.45, 7) is 3.59. The number of hydrogen-bond donors (Lipinski definition) is 0. The number of hydrogen-bond acceptors (Lipinski definition) is 2. The summed E-state index contributed by atoms with van der Waals surface area (Å²) in [5.41, 5.74) is 1.23. The van der Waals surface area contributed by atoms with E-state index in [-0.39, 0.29) is 6.42 Å². The second kappa shape index (κ2) is 6.84. The number of rotatable bonds is 5. The van der Waals surface area contributed by atoms with E-state index in [0.717, 1.165) is 5.56 Å². The van der Waals surface area contributed by atoms with E-state index < -0.39 is 12.1 Å². The van der Waals surface area contributed by atoms with Crippen LogP contribution in [0.2, 0.25) is 0 Å². The standard InChI is InChI=1S/C14H17FO2/c1-3-17-14(16)11(2)9-13(15)10-12-7-5-4-6-8-12/h4-9,13H,3,10H2,1-2H3/b11-9+/t13-/m1/s1. The molecule has 0 saturated heterocycles. The van der Waals surface area contributed by atoms with Crippen LogP contribution in [0.5, 0.6) is 0 Å². The van der Waals surface area contributed by atoms with Gasteiger partial charge < -0.3 is 4.74 Å². The fourth-order valence-corrected chi connectivity index (χ4v) is 1.48. The molecule has 1 rings (SSSR count). The highest BCUT2D eigenvalue weighted by atomic mass is 19.1. The van der Waals surface area contributed by atoms with Crippen LogP contribution in [0.25, 0.3) is 0 Å². The van der Waals surface area contributed by atoms with Gasteiger partial charge in [0, 0.05) is 12.0 Å². The van der Waals surface area contributed by atoms with Crippen molar-refractivity contribution in [3.8, 4) is 0 Å². The fraction of sp³-hybridized carbons (Fsp3) is 0.357. The van der Waals surface area contributed by atoms with E-state index in [1.54, 1.807) is 13.8 Å². The molecule has 0 saturated carbocycles. The molecule has 17 heavy (non-hydrogen) atoms. The first-order valence-electron chi connectivity index (χ1n) is 5.67. The number of alkyl halides is 1. The Labute approximate surface area is 101 Å². The van der Waals surface area contributed by atoms with Gasteiger partial charge in [-0.2, -0.15) is 0 Å². The minimum absolute atomic E-state index is 0.275. The van der Waals surface area contributed by atoms with E-state index in [1.807, 2.05) is 30.3 Å². The summed E-state index contributed by atoms with van der Waals surface area (Å²) in [6, 6.07) is 9.34. The molecule has 3 heteroatoms. The van der Waals surface area contributed by atoms with E-state index in [2.05, 4.69) is 0 Å². The molecule has 2 nitrogen and oxygen atoms in total. The molecule has 0 N–H and O–H groups in total. The Morgan fingerprint density at radius 1 is 1.41 bits per heavy atom. The number of benzene rings is 1. The molecular formula is C14H17FO2. The SMILES string of the molecule is CCOC(=O)/C(C)=C/[C@@H](F)Cc1ccccc1. The van der Waals surface area contributed by atoms with Gasteiger partial charge >= 0.3 is 5.97 Å². The molecule has 0 spiro atoms. The van der Waals surface area contributed by atoms with Crippen LogP contribution in [0.15, 0.2) is 42.0 Å². The molecule has 0 heterocycles. The Hall–Kier alpha value is -1.64. The van der Waals surface area contributed by atoms with Gasteiger partial charge in [-0.05, 0) is 25.5 Å². The lowest BCUT2D eigenvalue weighted by Crippen LogP contribution is -2.09. The molecule has 92 valence electrons. The summed E-state index contributed by atoms with van der Waals surface area (Å²) in [4.78, 5) is 11.3. The van der Waals surface area contributed by atoms with Crippen LogP contribution < -0.4 is 0 Å². The molecule has 0 aliphatic rings. The Balaban J connectivity index is 2.56. The van der Waals surface area contributed by atoms with E-state index in [1.165, 1.54) is 6.08 Å². The van der Waals surface area contributed by atoms with Gasteiger partial charge in [0.1, 0.15) is 6.17 Å². The normalized spacial score (nSPS) is 13.2. The fourth-order valence-electron chi connectivity index (χ4n) is 1.48. The minimum atomic E-state index is -1.16. The van der Waals surface area contributed by atoms with Gasteiger partial charge in [0.05, 0.1) is 6.61 Å². The third kappa shape index (κ3) is 4.81. The molecule has 0 aromatic heterocycles. The van der Waals surface area contributed by atoms with Crippen LogP contribution in [0, 0.1) is 0 Å². The molecule has 0 aliphatic carbocycles. The third-order valence-electron chi connectivity index (χ3n) is 2.30. The second-order valence-corrected chi connectivity index (χ2v) is 3.78. The lowest BCUT2D eigenvalue weighted by Gasteiger charge is -2.06. The molecule has 0 radical (unpaired) electrons. The van der Waals surface area contributed by atoms with Crippen LogP contribution in [-0.2, 0) is 16.0 Å².